The van der Waals surface area contributed by atoms with Gasteiger partial charge in [0.05, 0.1) is 6.20 Å². The maximum Gasteiger partial charge on any atom is 0.123 e. The molecular formula is C14H17N3O. The fraction of sp³-hybridized carbons (Fsp3) is 0.357. The van der Waals surface area contributed by atoms with Crippen molar-refractivity contribution in [3.63, 3.8) is 0 Å². The molecule has 1 aliphatic heterocycles. The summed E-state index contributed by atoms with van der Waals surface area (Å²) in [6.07, 6.45) is 4.22. The number of rotatable bonds is 3. The van der Waals surface area contributed by atoms with E-state index in [1.165, 1.54) is 0 Å². The number of ether oxygens (including phenoxy) is 1. The molecule has 0 amide bonds. The molecule has 2 aromatic rings. The van der Waals surface area contributed by atoms with Crippen molar-refractivity contribution in [1.29, 1.82) is 0 Å². The Labute approximate surface area is 107 Å². The third-order valence-corrected chi connectivity index (χ3v) is 3.31. The molecule has 0 radical (unpaired) electrons. The van der Waals surface area contributed by atoms with Gasteiger partial charge in [-0.3, -0.25) is 5.10 Å². The molecule has 0 atom stereocenters. The van der Waals surface area contributed by atoms with E-state index in [4.69, 9.17) is 4.74 Å². The van der Waals surface area contributed by atoms with E-state index < -0.39 is 0 Å². The lowest BCUT2D eigenvalue weighted by Crippen LogP contribution is -2.38. The molecule has 1 aromatic carbocycles. The van der Waals surface area contributed by atoms with Gasteiger partial charge in [-0.05, 0) is 12.1 Å². The Hall–Kier alpha value is -1.97. The van der Waals surface area contributed by atoms with E-state index in [2.05, 4.69) is 15.1 Å². The van der Waals surface area contributed by atoms with Crippen LogP contribution in [0.15, 0.2) is 42.6 Å². The highest BCUT2D eigenvalue weighted by molar-refractivity contribution is 5.37. The molecule has 2 heterocycles. The average molecular weight is 243 g/mol. The molecule has 1 aromatic heterocycles. The Kier molecular flexibility index (Phi) is 3.17. The topological polar surface area (TPSA) is 41.1 Å². The minimum Gasteiger partial charge on any atom is -0.490 e. The van der Waals surface area contributed by atoms with Crippen LogP contribution in [0.1, 0.15) is 12.8 Å². The number of nitrogens with one attached hydrogen (secondary N) is 1. The van der Waals surface area contributed by atoms with Gasteiger partial charge in [-0.1, -0.05) is 18.2 Å². The number of aromatic amines is 1. The molecule has 0 unspecified atom stereocenters. The summed E-state index contributed by atoms with van der Waals surface area (Å²) in [7, 11) is 0. The summed E-state index contributed by atoms with van der Waals surface area (Å²) in [5.74, 6) is 2.07. The molecule has 3 rings (SSSR count). The quantitative estimate of drug-likeness (QED) is 0.900. The zero-order valence-electron chi connectivity index (χ0n) is 10.2. The standard InChI is InChI=1S/C14H17N3O/c1-2-4-12(5-3-1)18-13-7-10-17(11-8-13)14-6-9-15-16-14/h1-6,9,13H,7-8,10-11H2,(H,15,16). The van der Waals surface area contributed by atoms with Gasteiger partial charge in [0, 0.05) is 32.0 Å². The molecule has 1 saturated heterocycles. The molecule has 1 fully saturated rings. The van der Waals surface area contributed by atoms with Gasteiger partial charge in [0.25, 0.3) is 0 Å². The lowest BCUT2D eigenvalue weighted by Gasteiger charge is -2.32. The van der Waals surface area contributed by atoms with Crippen molar-refractivity contribution in [2.75, 3.05) is 18.0 Å². The largest absolute Gasteiger partial charge is 0.490 e. The first-order chi connectivity index (χ1) is 8.92. The van der Waals surface area contributed by atoms with Crippen molar-refractivity contribution in [2.45, 2.75) is 18.9 Å². The Morgan fingerprint density at radius 2 is 1.89 bits per heavy atom. The molecule has 4 heteroatoms. The minimum absolute atomic E-state index is 0.326. The Balaban J connectivity index is 1.54. The van der Waals surface area contributed by atoms with Gasteiger partial charge >= 0.3 is 0 Å². The monoisotopic (exact) mass is 243 g/mol. The maximum atomic E-state index is 5.97. The van der Waals surface area contributed by atoms with Gasteiger partial charge < -0.3 is 9.64 Å². The third kappa shape index (κ3) is 2.47. The number of piperidine rings is 1. The van der Waals surface area contributed by atoms with Crippen LogP contribution in [0, 0.1) is 0 Å². The normalized spacial score (nSPS) is 16.8. The van der Waals surface area contributed by atoms with Crippen molar-refractivity contribution < 1.29 is 4.74 Å². The van der Waals surface area contributed by atoms with E-state index >= 15 is 0 Å². The van der Waals surface area contributed by atoms with Crippen LogP contribution in [-0.4, -0.2) is 29.4 Å². The zero-order chi connectivity index (χ0) is 12.2. The van der Waals surface area contributed by atoms with E-state index in [0.717, 1.165) is 37.5 Å². The summed E-state index contributed by atoms with van der Waals surface area (Å²) in [6.45, 7) is 2.03. The second-order valence-corrected chi connectivity index (χ2v) is 4.56. The van der Waals surface area contributed by atoms with Gasteiger partial charge in [-0.25, -0.2) is 0 Å². The van der Waals surface area contributed by atoms with E-state index in [1.807, 2.05) is 36.4 Å². The second kappa shape index (κ2) is 5.12. The Morgan fingerprint density at radius 3 is 2.56 bits per heavy atom. The number of benzene rings is 1. The van der Waals surface area contributed by atoms with Crippen molar-refractivity contribution in [3.05, 3.63) is 42.6 Å². The molecule has 0 saturated carbocycles. The predicted molar refractivity (Wildman–Crippen MR) is 70.9 cm³/mol. The van der Waals surface area contributed by atoms with Crippen molar-refractivity contribution in [1.82, 2.24) is 10.2 Å². The van der Waals surface area contributed by atoms with E-state index in [0.29, 0.717) is 6.10 Å². The first kappa shape index (κ1) is 11.1. The summed E-state index contributed by atoms with van der Waals surface area (Å²) >= 11 is 0. The number of nitrogens with zero attached hydrogens (tertiary/aromatic N) is 2. The van der Waals surface area contributed by atoms with Crippen molar-refractivity contribution in [2.24, 2.45) is 0 Å². The number of aromatic nitrogens is 2. The highest BCUT2D eigenvalue weighted by Crippen LogP contribution is 2.21. The number of hydrogen-bond acceptors (Lipinski definition) is 3. The molecule has 1 N–H and O–H groups in total. The molecule has 1 aliphatic rings. The summed E-state index contributed by atoms with van der Waals surface area (Å²) in [5, 5.41) is 6.99. The zero-order valence-corrected chi connectivity index (χ0v) is 10.2. The van der Waals surface area contributed by atoms with Crippen LogP contribution >= 0.6 is 0 Å². The van der Waals surface area contributed by atoms with Crippen LogP contribution in [-0.2, 0) is 0 Å². The Morgan fingerprint density at radius 1 is 1.11 bits per heavy atom. The van der Waals surface area contributed by atoms with Crippen LogP contribution in [0.5, 0.6) is 5.75 Å². The van der Waals surface area contributed by atoms with Gasteiger partial charge in [-0.2, -0.15) is 5.10 Å². The molecule has 0 aliphatic carbocycles. The van der Waals surface area contributed by atoms with Gasteiger partial charge in [0.2, 0.25) is 0 Å². The molecular weight excluding hydrogens is 226 g/mol. The Bertz CT molecular complexity index is 461. The van der Waals surface area contributed by atoms with Crippen LogP contribution in [0.3, 0.4) is 0 Å². The molecule has 18 heavy (non-hydrogen) atoms. The first-order valence-corrected chi connectivity index (χ1v) is 6.38. The van der Waals surface area contributed by atoms with Crippen molar-refractivity contribution in [3.8, 4) is 5.75 Å². The van der Waals surface area contributed by atoms with Crippen LogP contribution in [0.25, 0.3) is 0 Å². The maximum absolute atomic E-state index is 5.97. The predicted octanol–water partition coefficient (Wildman–Crippen LogP) is 2.46. The minimum atomic E-state index is 0.326. The fourth-order valence-corrected chi connectivity index (χ4v) is 2.33. The van der Waals surface area contributed by atoms with Crippen LogP contribution in [0.4, 0.5) is 5.82 Å². The molecule has 94 valence electrons. The van der Waals surface area contributed by atoms with Gasteiger partial charge in [0.1, 0.15) is 17.7 Å². The van der Waals surface area contributed by atoms with Gasteiger partial charge in [0.15, 0.2) is 0 Å². The molecule has 4 nitrogen and oxygen atoms in total. The number of para-hydroxylation sites is 1. The summed E-state index contributed by atoms with van der Waals surface area (Å²) in [5.41, 5.74) is 0. The van der Waals surface area contributed by atoms with E-state index in [-0.39, 0.29) is 0 Å². The highest BCUT2D eigenvalue weighted by atomic mass is 16.5. The average Bonchev–Trinajstić information content (AvgIpc) is 2.95. The van der Waals surface area contributed by atoms with Crippen molar-refractivity contribution >= 4 is 5.82 Å². The highest BCUT2D eigenvalue weighted by Gasteiger charge is 2.21. The summed E-state index contributed by atoms with van der Waals surface area (Å²) in [6, 6.07) is 12.1. The summed E-state index contributed by atoms with van der Waals surface area (Å²) in [4.78, 5) is 2.32. The lowest BCUT2D eigenvalue weighted by molar-refractivity contribution is 0.170. The molecule has 0 bridgehead atoms. The van der Waals surface area contributed by atoms with E-state index in [1.54, 1.807) is 6.20 Å². The number of anilines is 1. The number of H-pyrrole nitrogens is 1. The third-order valence-electron chi connectivity index (χ3n) is 3.31. The van der Waals surface area contributed by atoms with Crippen LogP contribution in [0.2, 0.25) is 0 Å². The fourth-order valence-electron chi connectivity index (χ4n) is 2.33. The lowest BCUT2D eigenvalue weighted by atomic mass is 10.1. The smallest absolute Gasteiger partial charge is 0.123 e. The molecule has 0 spiro atoms. The number of hydrogen-bond donors (Lipinski definition) is 1. The second-order valence-electron chi connectivity index (χ2n) is 4.56. The first-order valence-electron chi connectivity index (χ1n) is 6.38. The summed E-state index contributed by atoms with van der Waals surface area (Å²) < 4.78 is 5.97. The van der Waals surface area contributed by atoms with E-state index in [9.17, 15) is 0 Å². The van der Waals surface area contributed by atoms with Crippen LogP contribution < -0.4 is 9.64 Å². The van der Waals surface area contributed by atoms with Gasteiger partial charge in [-0.15, -0.1) is 0 Å². The SMILES string of the molecule is c1ccc(OC2CCN(c3ccn[nH]3)CC2)cc1.